The molecular formula is C13H16BrNO. The van der Waals surface area contributed by atoms with E-state index < -0.39 is 0 Å². The molecule has 1 heterocycles. The molecule has 16 heavy (non-hydrogen) atoms. The monoisotopic (exact) mass is 281 g/mol. The van der Waals surface area contributed by atoms with Crippen LogP contribution in [0.5, 0.6) is 0 Å². The lowest BCUT2D eigenvalue weighted by Gasteiger charge is -2.28. The summed E-state index contributed by atoms with van der Waals surface area (Å²) in [5.41, 5.74) is 3.62. The molecule has 1 aromatic carbocycles. The van der Waals surface area contributed by atoms with E-state index in [-0.39, 0.29) is 6.61 Å². The van der Waals surface area contributed by atoms with Gasteiger partial charge in [-0.2, -0.15) is 0 Å². The van der Waals surface area contributed by atoms with Crippen LogP contribution in [0.2, 0.25) is 0 Å². The fourth-order valence-corrected chi connectivity index (χ4v) is 2.57. The minimum atomic E-state index is 0.0951. The Hall–Kier alpha value is -0.800. The number of hydrogen-bond acceptors (Lipinski definition) is 2. The van der Waals surface area contributed by atoms with Gasteiger partial charge in [0.25, 0.3) is 0 Å². The highest BCUT2D eigenvalue weighted by atomic mass is 79.9. The standard InChI is InChI=1S/C13H16BrNO/c1-10-4-6-15(7-5-10)13-3-2-11(9-16)8-12(13)14/h2-4,8,16H,5-7,9H2,1H3. The number of halogens is 1. The van der Waals surface area contributed by atoms with Crippen molar-refractivity contribution in [2.45, 2.75) is 20.0 Å². The Morgan fingerprint density at radius 3 is 2.81 bits per heavy atom. The Bertz CT molecular complexity index is 414. The topological polar surface area (TPSA) is 23.5 Å². The first kappa shape index (κ1) is 11.7. The van der Waals surface area contributed by atoms with Crippen LogP contribution in [0.15, 0.2) is 34.3 Å². The molecule has 0 aliphatic carbocycles. The molecule has 2 nitrogen and oxygen atoms in total. The van der Waals surface area contributed by atoms with Gasteiger partial charge in [-0.15, -0.1) is 0 Å². The highest BCUT2D eigenvalue weighted by molar-refractivity contribution is 9.10. The Kier molecular flexibility index (Phi) is 3.66. The highest BCUT2D eigenvalue weighted by Gasteiger charge is 2.12. The van der Waals surface area contributed by atoms with Crippen molar-refractivity contribution in [3.05, 3.63) is 39.9 Å². The lowest BCUT2D eigenvalue weighted by molar-refractivity contribution is 0.282. The average molecular weight is 282 g/mol. The number of benzene rings is 1. The average Bonchev–Trinajstić information content (AvgIpc) is 2.30. The van der Waals surface area contributed by atoms with E-state index in [4.69, 9.17) is 5.11 Å². The van der Waals surface area contributed by atoms with Crippen LogP contribution in [0.1, 0.15) is 18.9 Å². The van der Waals surface area contributed by atoms with E-state index in [9.17, 15) is 0 Å². The fraction of sp³-hybridized carbons (Fsp3) is 0.385. The van der Waals surface area contributed by atoms with Crippen molar-refractivity contribution in [3.8, 4) is 0 Å². The molecule has 1 N–H and O–H groups in total. The normalized spacial score (nSPS) is 16.2. The van der Waals surface area contributed by atoms with Crippen molar-refractivity contribution in [1.29, 1.82) is 0 Å². The van der Waals surface area contributed by atoms with Crippen LogP contribution in [0.25, 0.3) is 0 Å². The SMILES string of the molecule is CC1=CCN(c2ccc(CO)cc2Br)CC1. The minimum absolute atomic E-state index is 0.0951. The zero-order chi connectivity index (χ0) is 11.5. The van der Waals surface area contributed by atoms with E-state index in [1.165, 1.54) is 11.3 Å². The molecule has 0 saturated heterocycles. The van der Waals surface area contributed by atoms with Crippen LogP contribution < -0.4 is 4.90 Å². The van der Waals surface area contributed by atoms with Gasteiger partial charge in [0.05, 0.1) is 12.3 Å². The second-order valence-electron chi connectivity index (χ2n) is 4.19. The molecule has 0 spiro atoms. The molecule has 0 aromatic heterocycles. The Balaban J connectivity index is 2.21. The van der Waals surface area contributed by atoms with Crippen molar-refractivity contribution in [2.75, 3.05) is 18.0 Å². The van der Waals surface area contributed by atoms with Gasteiger partial charge in [0.1, 0.15) is 0 Å². The van der Waals surface area contributed by atoms with E-state index in [1.807, 2.05) is 12.1 Å². The second-order valence-corrected chi connectivity index (χ2v) is 5.04. The van der Waals surface area contributed by atoms with E-state index in [0.29, 0.717) is 0 Å². The largest absolute Gasteiger partial charge is 0.392 e. The maximum absolute atomic E-state index is 9.05. The number of nitrogens with zero attached hydrogens (tertiary/aromatic N) is 1. The van der Waals surface area contributed by atoms with E-state index in [0.717, 1.165) is 29.5 Å². The quantitative estimate of drug-likeness (QED) is 0.843. The Labute approximate surface area is 105 Å². The molecule has 1 aliphatic rings. The summed E-state index contributed by atoms with van der Waals surface area (Å²) in [7, 11) is 0. The molecule has 2 rings (SSSR count). The Morgan fingerprint density at radius 2 is 2.25 bits per heavy atom. The molecule has 1 aromatic rings. The van der Waals surface area contributed by atoms with Gasteiger partial charge in [-0.3, -0.25) is 0 Å². The lowest BCUT2D eigenvalue weighted by Crippen LogP contribution is -2.28. The third-order valence-corrected chi connectivity index (χ3v) is 3.61. The van der Waals surface area contributed by atoms with Gasteiger partial charge < -0.3 is 10.0 Å². The first-order chi connectivity index (χ1) is 7.70. The van der Waals surface area contributed by atoms with Gasteiger partial charge in [0.15, 0.2) is 0 Å². The van der Waals surface area contributed by atoms with Gasteiger partial charge in [-0.05, 0) is 47.0 Å². The van der Waals surface area contributed by atoms with Crippen LogP contribution in [-0.2, 0) is 6.61 Å². The third-order valence-electron chi connectivity index (χ3n) is 2.97. The summed E-state index contributed by atoms with van der Waals surface area (Å²) >= 11 is 3.57. The van der Waals surface area contributed by atoms with E-state index in [1.54, 1.807) is 0 Å². The molecule has 0 saturated carbocycles. The number of rotatable bonds is 2. The summed E-state index contributed by atoms with van der Waals surface area (Å²) in [6.45, 7) is 4.32. The van der Waals surface area contributed by atoms with Crippen molar-refractivity contribution >= 4 is 21.6 Å². The summed E-state index contributed by atoms with van der Waals surface area (Å²) in [5.74, 6) is 0. The van der Waals surface area contributed by atoms with Crippen LogP contribution >= 0.6 is 15.9 Å². The van der Waals surface area contributed by atoms with Gasteiger partial charge in [0.2, 0.25) is 0 Å². The number of aliphatic hydroxyl groups excluding tert-OH is 1. The molecule has 0 bridgehead atoms. The predicted octanol–water partition coefficient (Wildman–Crippen LogP) is 3.10. The fourth-order valence-electron chi connectivity index (χ4n) is 1.89. The van der Waals surface area contributed by atoms with Crippen LogP contribution in [0.3, 0.4) is 0 Å². The number of aliphatic hydroxyl groups is 1. The summed E-state index contributed by atoms with van der Waals surface area (Å²) in [4.78, 5) is 2.35. The van der Waals surface area contributed by atoms with Crippen LogP contribution in [0, 0.1) is 0 Å². The Morgan fingerprint density at radius 1 is 1.44 bits per heavy atom. The van der Waals surface area contributed by atoms with Crippen LogP contribution in [-0.4, -0.2) is 18.2 Å². The highest BCUT2D eigenvalue weighted by Crippen LogP contribution is 2.29. The van der Waals surface area contributed by atoms with Gasteiger partial charge in [-0.1, -0.05) is 17.7 Å². The van der Waals surface area contributed by atoms with Crippen molar-refractivity contribution in [2.24, 2.45) is 0 Å². The molecule has 0 atom stereocenters. The van der Waals surface area contributed by atoms with Gasteiger partial charge in [-0.25, -0.2) is 0 Å². The molecule has 0 fully saturated rings. The molecule has 1 aliphatic heterocycles. The molecule has 0 amide bonds. The summed E-state index contributed by atoms with van der Waals surface area (Å²) in [6, 6.07) is 6.04. The van der Waals surface area contributed by atoms with E-state index >= 15 is 0 Å². The zero-order valence-corrected chi connectivity index (χ0v) is 11.0. The minimum Gasteiger partial charge on any atom is -0.392 e. The molecule has 0 unspecified atom stereocenters. The van der Waals surface area contributed by atoms with Crippen LogP contribution in [0.4, 0.5) is 5.69 Å². The van der Waals surface area contributed by atoms with Crippen molar-refractivity contribution in [1.82, 2.24) is 0 Å². The molecule has 0 radical (unpaired) electrons. The second kappa shape index (κ2) is 5.02. The maximum atomic E-state index is 9.05. The number of hydrogen-bond donors (Lipinski definition) is 1. The summed E-state index contributed by atoms with van der Waals surface area (Å²) < 4.78 is 1.06. The maximum Gasteiger partial charge on any atom is 0.0682 e. The molecule has 3 heteroatoms. The molecule has 86 valence electrons. The first-order valence-corrected chi connectivity index (χ1v) is 6.30. The van der Waals surface area contributed by atoms with Gasteiger partial charge in [0, 0.05) is 17.6 Å². The predicted molar refractivity (Wildman–Crippen MR) is 70.7 cm³/mol. The van der Waals surface area contributed by atoms with Crippen molar-refractivity contribution < 1.29 is 5.11 Å². The summed E-state index contributed by atoms with van der Waals surface area (Å²) in [6.07, 6.45) is 3.41. The number of anilines is 1. The zero-order valence-electron chi connectivity index (χ0n) is 9.41. The smallest absolute Gasteiger partial charge is 0.0682 e. The van der Waals surface area contributed by atoms with Gasteiger partial charge >= 0.3 is 0 Å². The first-order valence-electron chi connectivity index (χ1n) is 5.50. The lowest BCUT2D eigenvalue weighted by atomic mass is 10.1. The molecular weight excluding hydrogens is 266 g/mol. The van der Waals surface area contributed by atoms with Crippen molar-refractivity contribution in [3.63, 3.8) is 0 Å². The third kappa shape index (κ3) is 2.47. The summed E-state index contributed by atoms with van der Waals surface area (Å²) in [5, 5.41) is 9.05. The van der Waals surface area contributed by atoms with E-state index in [2.05, 4.69) is 39.9 Å².